The Hall–Kier alpha value is -1.98. The van der Waals surface area contributed by atoms with E-state index in [4.69, 9.17) is 16.3 Å². The van der Waals surface area contributed by atoms with Crippen LogP contribution in [0.2, 0.25) is 5.02 Å². The molecule has 2 aromatic carbocycles. The summed E-state index contributed by atoms with van der Waals surface area (Å²) in [4.78, 5) is 28.9. The normalized spacial score (nSPS) is 18.8. The van der Waals surface area contributed by atoms with Gasteiger partial charge in [0.25, 0.3) is 0 Å². The fourth-order valence-corrected chi connectivity index (χ4v) is 3.69. The highest BCUT2D eigenvalue weighted by Gasteiger charge is 2.26. The minimum atomic E-state index is -0.448. The number of ketones is 1. The lowest BCUT2D eigenvalue weighted by molar-refractivity contribution is -0.113. The van der Waals surface area contributed by atoms with Crippen LogP contribution in [0.15, 0.2) is 51.9 Å². The minimum absolute atomic E-state index is 0.0339. The van der Waals surface area contributed by atoms with E-state index in [-0.39, 0.29) is 11.7 Å². The van der Waals surface area contributed by atoms with Gasteiger partial charge >= 0.3 is 5.97 Å². The summed E-state index contributed by atoms with van der Waals surface area (Å²) in [7, 11) is 1.33. The lowest BCUT2D eigenvalue weighted by Gasteiger charge is -2.22. The summed E-state index contributed by atoms with van der Waals surface area (Å²) in [6.07, 6.45) is 1.87. The molecule has 0 amide bonds. The Morgan fingerprint density at radius 2 is 1.96 bits per heavy atom. The van der Waals surface area contributed by atoms with Gasteiger partial charge in [-0.15, -0.1) is 0 Å². The second-order valence-corrected chi connectivity index (χ2v) is 7.33. The molecule has 0 spiro atoms. The number of esters is 1. The van der Waals surface area contributed by atoms with Crippen LogP contribution < -0.4 is 0 Å². The summed E-state index contributed by atoms with van der Waals surface area (Å²) in [6.45, 7) is 0. The predicted octanol–water partition coefficient (Wildman–Crippen LogP) is 5.50. The van der Waals surface area contributed by atoms with Crippen LogP contribution in [0.1, 0.15) is 41.1 Å². The Balaban J connectivity index is 1.81. The Morgan fingerprint density at radius 3 is 2.62 bits per heavy atom. The third kappa shape index (κ3) is 4.05. The van der Waals surface area contributed by atoms with Crippen molar-refractivity contribution in [3.8, 4) is 0 Å². The number of carbonyl (C=O) groups excluding carboxylic acids is 2. The first-order chi connectivity index (χ1) is 12.5. The zero-order valence-electron chi connectivity index (χ0n) is 14.2. The quantitative estimate of drug-likeness (QED) is 0.600. The molecule has 1 fully saturated rings. The zero-order valence-corrected chi connectivity index (χ0v) is 16.5. The largest absolute Gasteiger partial charge is 0.465 e. The first-order valence-corrected chi connectivity index (χ1v) is 9.39. The van der Waals surface area contributed by atoms with E-state index in [1.165, 1.54) is 7.11 Å². The van der Waals surface area contributed by atoms with Gasteiger partial charge in [-0.3, -0.25) is 4.79 Å². The second kappa shape index (κ2) is 8.14. The molecule has 1 aliphatic rings. The van der Waals surface area contributed by atoms with Crippen LogP contribution in [0, 0.1) is 0 Å². The van der Waals surface area contributed by atoms with Gasteiger partial charge in [0, 0.05) is 11.4 Å². The van der Waals surface area contributed by atoms with Gasteiger partial charge in [-0.1, -0.05) is 29.8 Å². The first-order valence-electron chi connectivity index (χ1n) is 8.22. The van der Waals surface area contributed by atoms with Gasteiger partial charge in [0.15, 0.2) is 5.78 Å². The fourth-order valence-electron chi connectivity index (χ4n) is 3.05. The van der Waals surface area contributed by atoms with Crippen molar-refractivity contribution in [1.82, 2.24) is 0 Å². The van der Waals surface area contributed by atoms with Crippen LogP contribution in [-0.2, 0) is 9.53 Å². The van der Waals surface area contributed by atoms with Crippen LogP contribution in [0.5, 0.6) is 0 Å². The minimum Gasteiger partial charge on any atom is -0.465 e. The van der Waals surface area contributed by atoms with Crippen molar-refractivity contribution in [2.75, 3.05) is 7.11 Å². The number of ether oxygens (including phenoxy) is 1. The van der Waals surface area contributed by atoms with E-state index >= 15 is 0 Å². The Kier molecular flexibility index (Phi) is 5.89. The first kappa shape index (κ1) is 18.8. The van der Waals surface area contributed by atoms with E-state index in [1.807, 2.05) is 24.3 Å². The van der Waals surface area contributed by atoms with Crippen LogP contribution >= 0.6 is 27.5 Å². The van der Waals surface area contributed by atoms with Crippen LogP contribution in [0.4, 0.5) is 5.69 Å². The highest BCUT2D eigenvalue weighted by atomic mass is 79.9. The highest BCUT2D eigenvalue weighted by molar-refractivity contribution is 9.10. The SMILES string of the molecule is COC(=O)c1cccc(N=C2CCC(c3ccc(Cl)cc3)CC2=O)c1Br. The second-order valence-electron chi connectivity index (χ2n) is 6.10. The maximum atomic E-state index is 12.6. The smallest absolute Gasteiger partial charge is 0.339 e. The van der Waals surface area contributed by atoms with E-state index in [0.29, 0.717) is 39.3 Å². The van der Waals surface area contributed by atoms with E-state index in [2.05, 4.69) is 20.9 Å². The van der Waals surface area contributed by atoms with Crippen LogP contribution in [0.25, 0.3) is 0 Å². The number of halogens is 2. The molecule has 0 bridgehead atoms. The number of Topliss-reactive ketones (excluding diaryl/α,β-unsaturated/α-hetero) is 1. The molecule has 0 heterocycles. The topological polar surface area (TPSA) is 55.7 Å². The highest BCUT2D eigenvalue weighted by Crippen LogP contribution is 2.34. The summed E-state index contributed by atoms with van der Waals surface area (Å²) >= 11 is 9.32. The molecule has 26 heavy (non-hydrogen) atoms. The van der Waals surface area contributed by atoms with Gasteiger partial charge in [0.05, 0.1) is 28.5 Å². The summed E-state index contributed by atoms with van der Waals surface area (Å²) in [6, 6.07) is 12.8. The standard InChI is InChI=1S/C20H17BrClNO3/c1-26-20(25)15-3-2-4-17(19(15)21)23-16-10-7-13(11-18(16)24)12-5-8-14(22)9-6-12/h2-6,8-9,13H,7,10-11H2,1H3. The monoisotopic (exact) mass is 433 g/mol. The summed E-state index contributed by atoms with van der Waals surface area (Å²) in [5, 5.41) is 0.688. The third-order valence-electron chi connectivity index (χ3n) is 4.46. The van der Waals surface area contributed by atoms with Crippen molar-refractivity contribution in [2.45, 2.75) is 25.2 Å². The third-order valence-corrected chi connectivity index (χ3v) is 5.55. The molecule has 1 atom stereocenters. The number of benzene rings is 2. The number of aliphatic imine (C=N–C) groups is 1. The van der Waals surface area contributed by atoms with Gasteiger partial charge < -0.3 is 4.74 Å². The molecule has 1 unspecified atom stereocenters. The fraction of sp³-hybridized carbons (Fsp3) is 0.250. The molecule has 0 N–H and O–H groups in total. The maximum Gasteiger partial charge on any atom is 0.339 e. The van der Waals surface area contributed by atoms with E-state index in [0.717, 1.165) is 12.0 Å². The number of nitrogens with zero attached hydrogens (tertiary/aromatic N) is 1. The van der Waals surface area contributed by atoms with Crippen molar-refractivity contribution in [3.63, 3.8) is 0 Å². The maximum absolute atomic E-state index is 12.6. The molecule has 4 nitrogen and oxygen atoms in total. The predicted molar refractivity (Wildman–Crippen MR) is 106 cm³/mol. The molecule has 0 aromatic heterocycles. The van der Waals surface area contributed by atoms with Crippen molar-refractivity contribution in [1.29, 1.82) is 0 Å². The van der Waals surface area contributed by atoms with E-state index in [9.17, 15) is 9.59 Å². The molecule has 0 saturated heterocycles. The van der Waals surface area contributed by atoms with Crippen molar-refractivity contribution < 1.29 is 14.3 Å². The molecule has 134 valence electrons. The van der Waals surface area contributed by atoms with Gasteiger partial charge in [-0.05, 0) is 64.5 Å². The molecule has 1 aliphatic carbocycles. The molecule has 0 radical (unpaired) electrons. The molecule has 1 saturated carbocycles. The van der Waals surface area contributed by atoms with Gasteiger partial charge in [0.2, 0.25) is 0 Å². The molecular weight excluding hydrogens is 418 g/mol. The Labute approximate surface area is 165 Å². The number of hydrogen-bond donors (Lipinski definition) is 0. The summed E-state index contributed by atoms with van der Waals surface area (Å²) in [5.41, 5.74) is 2.60. The molecule has 0 aliphatic heterocycles. The Morgan fingerprint density at radius 1 is 1.23 bits per heavy atom. The van der Waals surface area contributed by atoms with Gasteiger partial charge in [-0.25, -0.2) is 9.79 Å². The van der Waals surface area contributed by atoms with Gasteiger partial charge in [-0.2, -0.15) is 0 Å². The van der Waals surface area contributed by atoms with Crippen molar-refractivity contribution >= 4 is 50.7 Å². The zero-order chi connectivity index (χ0) is 18.7. The van der Waals surface area contributed by atoms with Crippen LogP contribution in [-0.4, -0.2) is 24.6 Å². The lowest BCUT2D eigenvalue weighted by atomic mass is 9.82. The average Bonchev–Trinajstić information content (AvgIpc) is 2.65. The number of carbonyl (C=O) groups is 2. The summed E-state index contributed by atoms with van der Waals surface area (Å²) < 4.78 is 5.30. The summed E-state index contributed by atoms with van der Waals surface area (Å²) in [5.74, 6) is -0.230. The molecule has 6 heteroatoms. The number of methoxy groups -OCH3 is 1. The molecule has 2 aromatic rings. The van der Waals surface area contributed by atoms with Crippen LogP contribution in [0.3, 0.4) is 0 Å². The Bertz CT molecular complexity index is 877. The van der Waals surface area contributed by atoms with Crippen molar-refractivity contribution in [3.05, 3.63) is 63.1 Å². The number of hydrogen-bond acceptors (Lipinski definition) is 4. The average molecular weight is 435 g/mol. The molecular formula is C20H17BrClNO3. The lowest BCUT2D eigenvalue weighted by Crippen LogP contribution is -2.23. The molecule has 3 rings (SSSR count). The number of rotatable bonds is 3. The van der Waals surface area contributed by atoms with Crippen molar-refractivity contribution in [2.24, 2.45) is 4.99 Å². The van der Waals surface area contributed by atoms with Gasteiger partial charge in [0.1, 0.15) is 0 Å². The van der Waals surface area contributed by atoms with E-state index < -0.39 is 5.97 Å². The van der Waals surface area contributed by atoms with E-state index in [1.54, 1.807) is 18.2 Å².